The molecule has 0 aromatic carbocycles. The van der Waals surface area contributed by atoms with Crippen molar-refractivity contribution in [2.45, 2.75) is 70.9 Å². The summed E-state index contributed by atoms with van der Waals surface area (Å²) in [6.45, 7) is 3.35. The van der Waals surface area contributed by atoms with E-state index in [1.54, 1.807) is 0 Å². The molecule has 0 aromatic heterocycles. The van der Waals surface area contributed by atoms with Gasteiger partial charge in [0.1, 0.15) is 6.23 Å². The van der Waals surface area contributed by atoms with E-state index in [2.05, 4.69) is 12.2 Å². The van der Waals surface area contributed by atoms with E-state index >= 15 is 0 Å². The van der Waals surface area contributed by atoms with Gasteiger partial charge in [-0.05, 0) is 38.6 Å². The molecule has 16 heavy (non-hydrogen) atoms. The van der Waals surface area contributed by atoms with Crippen molar-refractivity contribution in [2.24, 2.45) is 0 Å². The van der Waals surface area contributed by atoms with Crippen LogP contribution in [0.25, 0.3) is 0 Å². The first-order valence-electron chi connectivity index (χ1n) is 6.83. The maximum Gasteiger partial charge on any atom is 0.104 e. The monoisotopic (exact) mass is 231 g/mol. The number of rotatable bonds is 12. The summed E-state index contributed by atoms with van der Waals surface area (Å²) >= 11 is 0. The smallest absolute Gasteiger partial charge is 0.104 e. The molecule has 3 heteroatoms. The van der Waals surface area contributed by atoms with Gasteiger partial charge in [0.25, 0.3) is 0 Å². The first kappa shape index (κ1) is 15.9. The minimum Gasteiger partial charge on any atom is -0.396 e. The largest absolute Gasteiger partial charge is 0.396 e. The molecule has 0 saturated carbocycles. The lowest BCUT2D eigenvalue weighted by molar-refractivity contribution is 0.124. The maximum absolute atomic E-state index is 9.60. The van der Waals surface area contributed by atoms with Gasteiger partial charge in [-0.15, -0.1) is 0 Å². The van der Waals surface area contributed by atoms with Crippen LogP contribution in [0, 0.1) is 0 Å². The Labute approximate surface area is 100 Å². The highest BCUT2D eigenvalue weighted by atomic mass is 16.3. The molecular weight excluding hydrogens is 202 g/mol. The van der Waals surface area contributed by atoms with Gasteiger partial charge < -0.3 is 10.2 Å². The average molecular weight is 231 g/mol. The summed E-state index contributed by atoms with van der Waals surface area (Å²) in [5.74, 6) is 0. The molecule has 0 spiro atoms. The molecule has 0 aliphatic heterocycles. The minimum absolute atomic E-state index is 0.278. The van der Waals surface area contributed by atoms with Gasteiger partial charge in [0.05, 0.1) is 0 Å². The molecule has 0 aliphatic carbocycles. The van der Waals surface area contributed by atoms with E-state index in [-0.39, 0.29) is 12.8 Å². The molecule has 0 radical (unpaired) electrons. The van der Waals surface area contributed by atoms with Crippen LogP contribution in [0.5, 0.6) is 0 Å². The molecule has 3 nitrogen and oxygen atoms in total. The zero-order valence-electron chi connectivity index (χ0n) is 10.7. The summed E-state index contributed by atoms with van der Waals surface area (Å²) in [4.78, 5) is 0. The molecule has 98 valence electrons. The molecule has 0 fully saturated rings. The Kier molecular flexibility index (Phi) is 12.9. The third-order valence-corrected chi connectivity index (χ3v) is 2.80. The van der Waals surface area contributed by atoms with Crippen molar-refractivity contribution in [1.82, 2.24) is 5.32 Å². The molecule has 0 rings (SSSR count). The Morgan fingerprint density at radius 1 is 0.938 bits per heavy atom. The van der Waals surface area contributed by atoms with Crippen LogP contribution in [0.15, 0.2) is 0 Å². The van der Waals surface area contributed by atoms with Crippen molar-refractivity contribution < 1.29 is 10.2 Å². The first-order chi connectivity index (χ1) is 7.81. The van der Waals surface area contributed by atoms with Gasteiger partial charge >= 0.3 is 0 Å². The van der Waals surface area contributed by atoms with Crippen molar-refractivity contribution in [1.29, 1.82) is 0 Å². The molecule has 0 saturated heterocycles. The predicted molar refractivity (Wildman–Crippen MR) is 68.3 cm³/mol. The molecular formula is C13H29NO2. The number of unbranched alkanes of at least 4 members (excludes halogenated alkanes) is 6. The summed E-state index contributed by atoms with van der Waals surface area (Å²) in [5, 5.41) is 21.3. The Hall–Kier alpha value is -0.120. The zero-order chi connectivity index (χ0) is 12.1. The fourth-order valence-electron chi connectivity index (χ4n) is 1.73. The average Bonchev–Trinajstić information content (AvgIpc) is 2.28. The Bertz CT molecular complexity index is 117. The number of nitrogens with one attached hydrogen (secondary N) is 1. The normalized spacial score (nSPS) is 12.9. The molecule has 0 aromatic rings. The Morgan fingerprint density at radius 2 is 1.62 bits per heavy atom. The predicted octanol–water partition coefficient (Wildman–Crippen LogP) is 2.42. The summed E-state index contributed by atoms with van der Waals surface area (Å²) < 4.78 is 0. The summed E-state index contributed by atoms with van der Waals surface area (Å²) in [6.07, 6.45) is 9.69. The van der Waals surface area contributed by atoms with E-state index in [1.165, 1.54) is 25.7 Å². The summed E-state index contributed by atoms with van der Waals surface area (Å²) in [5.41, 5.74) is 0. The highest BCUT2D eigenvalue weighted by Crippen LogP contribution is 2.06. The highest BCUT2D eigenvalue weighted by Gasteiger charge is 2.01. The zero-order valence-corrected chi connectivity index (χ0v) is 10.7. The molecule has 0 amide bonds. The van der Waals surface area contributed by atoms with Gasteiger partial charge in [0.2, 0.25) is 0 Å². The van der Waals surface area contributed by atoms with E-state index in [4.69, 9.17) is 5.11 Å². The highest BCUT2D eigenvalue weighted by molar-refractivity contribution is 4.55. The van der Waals surface area contributed by atoms with Crippen LogP contribution in [-0.2, 0) is 0 Å². The maximum atomic E-state index is 9.60. The quantitative estimate of drug-likeness (QED) is 0.357. The van der Waals surface area contributed by atoms with E-state index in [0.717, 1.165) is 38.6 Å². The van der Waals surface area contributed by atoms with Crippen molar-refractivity contribution in [3.63, 3.8) is 0 Å². The van der Waals surface area contributed by atoms with Crippen LogP contribution in [-0.4, -0.2) is 29.6 Å². The van der Waals surface area contributed by atoms with Crippen LogP contribution >= 0.6 is 0 Å². The Balaban J connectivity index is 3.09. The van der Waals surface area contributed by atoms with E-state index in [1.807, 2.05) is 0 Å². The van der Waals surface area contributed by atoms with Crippen molar-refractivity contribution in [3.05, 3.63) is 0 Å². The van der Waals surface area contributed by atoms with E-state index in [0.29, 0.717) is 0 Å². The fraction of sp³-hybridized carbons (Fsp3) is 1.00. The van der Waals surface area contributed by atoms with Crippen LogP contribution in [0.3, 0.4) is 0 Å². The van der Waals surface area contributed by atoms with Gasteiger partial charge in [-0.25, -0.2) is 0 Å². The van der Waals surface area contributed by atoms with Crippen molar-refractivity contribution >= 4 is 0 Å². The van der Waals surface area contributed by atoms with E-state index < -0.39 is 0 Å². The van der Waals surface area contributed by atoms with Gasteiger partial charge in [0, 0.05) is 6.61 Å². The second kappa shape index (κ2) is 12.9. The standard InChI is InChI=1S/C13H29NO2/c1-2-3-4-5-7-10-13(16)14-11-8-6-9-12-15/h13-16H,2-12H2,1H3. The minimum atomic E-state index is -0.337. The van der Waals surface area contributed by atoms with Crippen LogP contribution in [0.4, 0.5) is 0 Å². The van der Waals surface area contributed by atoms with Crippen LogP contribution in [0.2, 0.25) is 0 Å². The molecule has 0 aliphatic rings. The topological polar surface area (TPSA) is 52.5 Å². The third kappa shape index (κ3) is 12.0. The van der Waals surface area contributed by atoms with Gasteiger partial charge in [0.15, 0.2) is 0 Å². The fourth-order valence-corrected chi connectivity index (χ4v) is 1.73. The molecule has 0 heterocycles. The Morgan fingerprint density at radius 3 is 2.31 bits per heavy atom. The number of aliphatic hydroxyl groups excluding tert-OH is 2. The van der Waals surface area contributed by atoms with Crippen LogP contribution < -0.4 is 5.32 Å². The first-order valence-corrected chi connectivity index (χ1v) is 6.83. The summed E-state index contributed by atoms with van der Waals surface area (Å²) in [7, 11) is 0. The van der Waals surface area contributed by atoms with Crippen LogP contribution in [0.1, 0.15) is 64.7 Å². The molecule has 0 bridgehead atoms. The van der Waals surface area contributed by atoms with Crippen molar-refractivity contribution in [3.8, 4) is 0 Å². The SMILES string of the molecule is CCCCCCCC(O)NCCCCCO. The second-order valence-corrected chi connectivity index (χ2v) is 4.46. The lowest BCUT2D eigenvalue weighted by Gasteiger charge is -2.12. The van der Waals surface area contributed by atoms with Gasteiger partial charge in [-0.3, -0.25) is 5.32 Å². The third-order valence-electron chi connectivity index (χ3n) is 2.80. The molecule has 1 unspecified atom stereocenters. The number of aliphatic hydroxyl groups is 2. The van der Waals surface area contributed by atoms with Gasteiger partial charge in [-0.1, -0.05) is 32.6 Å². The van der Waals surface area contributed by atoms with Crippen molar-refractivity contribution in [2.75, 3.05) is 13.2 Å². The summed E-state index contributed by atoms with van der Waals surface area (Å²) in [6, 6.07) is 0. The second-order valence-electron chi connectivity index (χ2n) is 4.46. The number of hydrogen-bond donors (Lipinski definition) is 3. The number of hydrogen-bond acceptors (Lipinski definition) is 3. The van der Waals surface area contributed by atoms with Gasteiger partial charge in [-0.2, -0.15) is 0 Å². The molecule has 1 atom stereocenters. The lowest BCUT2D eigenvalue weighted by atomic mass is 10.1. The lowest BCUT2D eigenvalue weighted by Crippen LogP contribution is -2.29. The molecule has 3 N–H and O–H groups in total. The van der Waals surface area contributed by atoms with E-state index in [9.17, 15) is 5.11 Å².